The minimum atomic E-state index is -0.537. The molecule has 0 unspecified atom stereocenters. The van der Waals surface area contributed by atoms with E-state index in [-0.39, 0.29) is 10.7 Å². The summed E-state index contributed by atoms with van der Waals surface area (Å²) in [6, 6.07) is 1.18. The van der Waals surface area contributed by atoms with Gasteiger partial charge in [-0.25, -0.2) is 4.39 Å². The first-order valence-electron chi connectivity index (χ1n) is 4.84. The lowest BCUT2D eigenvalue weighted by atomic mass is 10.0. The third kappa shape index (κ3) is 2.17. The Labute approximate surface area is 102 Å². The molecule has 2 aromatic rings. The van der Waals surface area contributed by atoms with Crippen LogP contribution < -0.4 is 0 Å². The van der Waals surface area contributed by atoms with E-state index in [0.717, 1.165) is 0 Å². The quantitative estimate of drug-likeness (QED) is 0.770. The van der Waals surface area contributed by atoms with Gasteiger partial charge in [-0.3, -0.25) is 14.8 Å². The van der Waals surface area contributed by atoms with E-state index in [1.165, 1.54) is 24.7 Å². The Hall–Kier alpha value is -1.81. The molecular formula is C12H8ClFN2O. The van der Waals surface area contributed by atoms with Gasteiger partial charge in [-0.2, -0.15) is 0 Å². The molecule has 2 heterocycles. The molecule has 2 rings (SSSR count). The summed E-state index contributed by atoms with van der Waals surface area (Å²) in [4.78, 5) is 18.6. The van der Waals surface area contributed by atoms with E-state index in [1.807, 2.05) is 0 Å². The van der Waals surface area contributed by atoms with Gasteiger partial charge in [0.15, 0.2) is 12.1 Å². The average molecular weight is 251 g/mol. The summed E-state index contributed by atoms with van der Waals surface area (Å²) in [5.74, 6) is -0.537. The Morgan fingerprint density at radius 1 is 1.35 bits per heavy atom. The summed E-state index contributed by atoms with van der Waals surface area (Å²) in [5.41, 5.74) is 1.69. The Balaban J connectivity index is 2.64. The lowest BCUT2D eigenvalue weighted by Crippen LogP contribution is -1.96. The first kappa shape index (κ1) is 11.7. The van der Waals surface area contributed by atoms with Gasteiger partial charge in [0.25, 0.3) is 0 Å². The zero-order valence-corrected chi connectivity index (χ0v) is 9.70. The molecule has 0 aliphatic carbocycles. The summed E-state index contributed by atoms with van der Waals surface area (Å²) in [7, 11) is 0. The lowest BCUT2D eigenvalue weighted by Gasteiger charge is -2.07. The lowest BCUT2D eigenvalue weighted by molar-refractivity contribution is 0.112. The molecule has 0 aliphatic rings. The van der Waals surface area contributed by atoms with Gasteiger partial charge >= 0.3 is 0 Å². The molecule has 5 heteroatoms. The van der Waals surface area contributed by atoms with Crippen molar-refractivity contribution in [2.45, 2.75) is 6.92 Å². The fourth-order valence-corrected chi connectivity index (χ4v) is 1.66. The second-order valence-electron chi connectivity index (χ2n) is 3.50. The number of aldehydes is 1. The van der Waals surface area contributed by atoms with Crippen molar-refractivity contribution in [3.8, 4) is 11.3 Å². The highest BCUT2D eigenvalue weighted by Crippen LogP contribution is 2.26. The smallest absolute Gasteiger partial charge is 0.151 e. The average Bonchev–Trinajstić information content (AvgIpc) is 2.30. The molecule has 0 radical (unpaired) electrons. The number of carbonyl (C=O) groups excluding carboxylic acids is 1. The molecule has 0 atom stereocenters. The van der Waals surface area contributed by atoms with E-state index < -0.39 is 5.82 Å². The molecule has 2 aromatic heterocycles. The number of halogens is 2. The first-order chi connectivity index (χ1) is 8.13. The summed E-state index contributed by atoms with van der Waals surface area (Å²) in [6.07, 6.45) is 4.94. The van der Waals surface area contributed by atoms with Crippen molar-refractivity contribution in [3.63, 3.8) is 0 Å². The van der Waals surface area contributed by atoms with E-state index >= 15 is 0 Å². The van der Waals surface area contributed by atoms with Crippen LogP contribution in [0.1, 0.15) is 15.9 Å². The largest absolute Gasteiger partial charge is 0.298 e. The maximum atomic E-state index is 13.7. The van der Waals surface area contributed by atoms with Crippen LogP contribution in [0.25, 0.3) is 11.3 Å². The predicted octanol–water partition coefficient (Wildman–Crippen LogP) is 3.06. The van der Waals surface area contributed by atoms with E-state index in [0.29, 0.717) is 23.0 Å². The van der Waals surface area contributed by atoms with E-state index in [1.54, 1.807) is 6.92 Å². The molecule has 0 bridgehead atoms. The van der Waals surface area contributed by atoms with Crippen LogP contribution in [0.15, 0.2) is 24.7 Å². The van der Waals surface area contributed by atoms with Gasteiger partial charge in [0, 0.05) is 29.7 Å². The fraction of sp³-hybridized carbons (Fsp3) is 0.0833. The topological polar surface area (TPSA) is 42.9 Å². The highest BCUT2D eigenvalue weighted by atomic mass is 35.5. The SMILES string of the molecule is Cc1c(C=O)cncc1-c1ncc(Cl)cc1F. The maximum Gasteiger partial charge on any atom is 0.151 e. The minimum Gasteiger partial charge on any atom is -0.298 e. The summed E-state index contributed by atoms with van der Waals surface area (Å²) in [6.45, 7) is 1.72. The van der Waals surface area contributed by atoms with Gasteiger partial charge in [-0.05, 0) is 18.6 Å². The normalized spacial score (nSPS) is 10.3. The van der Waals surface area contributed by atoms with Crippen LogP contribution in [0.5, 0.6) is 0 Å². The second kappa shape index (κ2) is 4.59. The molecule has 0 fully saturated rings. The van der Waals surface area contributed by atoms with Crippen molar-refractivity contribution in [2.75, 3.05) is 0 Å². The van der Waals surface area contributed by atoms with Gasteiger partial charge in [0.2, 0.25) is 0 Å². The van der Waals surface area contributed by atoms with E-state index in [9.17, 15) is 9.18 Å². The predicted molar refractivity (Wildman–Crippen MR) is 62.6 cm³/mol. The molecule has 17 heavy (non-hydrogen) atoms. The molecule has 0 amide bonds. The number of pyridine rings is 2. The summed E-state index contributed by atoms with van der Waals surface area (Å²) >= 11 is 5.63. The number of aromatic nitrogens is 2. The third-order valence-electron chi connectivity index (χ3n) is 2.44. The Bertz CT molecular complexity index is 587. The van der Waals surface area contributed by atoms with Crippen molar-refractivity contribution >= 4 is 17.9 Å². The number of rotatable bonds is 2. The van der Waals surface area contributed by atoms with E-state index in [2.05, 4.69) is 9.97 Å². The molecule has 0 saturated heterocycles. The highest BCUT2D eigenvalue weighted by molar-refractivity contribution is 6.30. The van der Waals surface area contributed by atoms with Gasteiger partial charge < -0.3 is 0 Å². The van der Waals surface area contributed by atoms with Crippen LogP contribution in [0.3, 0.4) is 0 Å². The Morgan fingerprint density at radius 3 is 2.76 bits per heavy atom. The highest BCUT2D eigenvalue weighted by Gasteiger charge is 2.12. The molecular weight excluding hydrogens is 243 g/mol. The maximum absolute atomic E-state index is 13.7. The number of hydrogen-bond donors (Lipinski definition) is 0. The first-order valence-corrected chi connectivity index (χ1v) is 5.22. The number of hydrogen-bond acceptors (Lipinski definition) is 3. The van der Waals surface area contributed by atoms with Gasteiger partial charge in [0.05, 0.1) is 5.02 Å². The Kier molecular flexibility index (Phi) is 3.15. The van der Waals surface area contributed by atoms with Crippen LogP contribution in [0.4, 0.5) is 4.39 Å². The van der Waals surface area contributed by atoms with Crippen molar-refractivity contribution < 1.29 is 9.18 Å². The van der Waals surface area contributed by atoms with Crippen molar-refractivity contribution in [1.82, 2.24) is 9.97 Å². The third-order valence-corrected chi connectivity index (χ3v) is 2.65. The molecule has 86 valence electrons. The van der Waals surface area contributed by atoms with Gasteiger partial charge in [-0.15, -0.1) is 0 Å². The van der Waals surface area contributed by atoms with Gasteiger partial charge in [0.1, 0.15) is 5.69 Å². The number of nitrogens with zero attached hydrogens (tertiary/aromatic N) is 2. The molecule has 0 spiro atoms. The fourth-order valence-electron chi connectivity index (χ4n) is 1.51. The van der Waals surface area contributed by atoms with Crippen molar-refractivity contribution in [2.24, 2.45) is 0 Å². The summed E-state index contributed by atoms with van der Waals surface area (Å²) < 4.78 is 13.7. The summed E-state index contributed by atoms with van der Waals surface area (Å²) in [5, 5.41) is 0.225. The molecule has 0 aromatic carbocycles. The van der Waals surface area contributed by atoms with Crippen LogP contribution in [-0.2, 0) is 0 Å². The Morgan fingerprint density at radius 2 is 2.12 bits per heavy atom. The van der Waals surface area contributed by atoms with Crippen molar-refractivity contribution in [3.05, 3.63) is 46.6 Å². The zero-order valence-electron chi connectivity index (χ0n) is 8.95. The second-order valence-corrected chi connectivity index (χ2v) is 3.94. The van der Waals surface area contributed by atoms with Crippen molar-refractivity contribution in [1.29, 1.82) is 0 Å². The number of carbonyl (C=O) groups is 1. The molecule has 0 N–H and O–H groups in total. The van der Waals surface area contributed by atoms with Crippen LogP contribution in [0, 0.1) is 12.7 Å². The standard InChI is InChI=1S/C12H8ClFN2O/c1-7-8(6-17)3-15-5-10(7)12-11(14)2-9(13)4-16-12/h2-6H,1H3. The zero-order chi connectivity index (χ0) is 12.4. The molecule has 0 saturated carbocycles. The van der Waals surface area contributed by atoms with Crippen LogP contribution in [-0.4, -0.2) is 16.3 Å². The monoisotopic (exact) mass is 250 g/mol. The molecule has 3 nitrogen and oxygen atoms in total. The minimum absolute atomic E-state index is 0.142. The van der Waals surface area contributed by atoms with Crippen LogP contribution in [0.2, 0.25) is 5.02 Å². The van der Waals surface area contributed by atoms with Crippen LogP contribution >= 0.6 is 11.6 Å². The van der Waals surface area contributed by atoms with Gasteiger partial charge in [-0.1, -0.05) is 11.6 Å². The van der Waals surface area contributed by atoms with E-state index in [4.69, 9.17) is 11.6 Å². The molecule has 0 aliphatic heterocycles.